The van der Waals surface area contributed by atoms with Crippen LogP contribution in [0.1, 0.15) is 19.8 Å². The predicted octanol–water partition coefficient (Wildman–Crippen LogP) is 1.92. The van der Waals surface area contributed by atoms with Crippen molar-refractivity contribution in [1.82, 2.24) is 15.0 Å². The summed E-state index contributed by atoms with van der Waals surface area (Å²) < 4.78 is 0. The molecule has 20 heavy (non-hydrogen) atoms. The Balaban J connectivity index is 2.01. The van der Waals surface area contributed by atoms with E-state index in [9.17, 15) is 0 Å². The van der Waals surface area contributed by atoms with Gasteiger partial charge in [-0.2, -0.15) is 26.7 Å². The fraction of sp³-hybridized carbons (Fsp3) is 0.769. The minimum absolute atomic E-state index is 0.632. The summed E-state index contributed by atoms with van der Waals surface area (Å²) in [6.07, 6.45) is 2.56. The molecule has 7 heteroatoms. The Morgan fingerprint density at radius 2 is 1.75 bits per heavy atom. The molecule has 1 aliphatic rings. The molecule has 2 rings (SSSR count). The van der Waals surface area contributed by atoms with Crippen LogP contribution < -0.4 is 15.5 Å². The van der Waals surface area contributed by atoms with Crippen LogP contribution in [-0.4, -0.2) is 53.6 Å². The number of hydrogen-bond donors (Lipinski definition) is 2. The van der Waals surface area contributed by atoms with Crippen molar-refractivity contribution in [2.24, 2.45) is 5.92 Å². The fourth-order valence-corrected chi connectivity index (χ4v) is 3.27. The number of aromatic nitrogens is 3. The molecule has 1 saturated heterocycles. The van der Waals surface area contributed by atoms with Crippen LogP contribution in [0.15, 0.2) is 0 Å². The molecular weight excluding hydrogens is 272 g/mol. The Bertz CT molecular complexity index is 419. The van der Waals surface area contributed by atoms with Gasteiger partial charge in [0.15, 0.2) is 0 Å². The fourth-order valence-electron chi connectivity index (χ4n) is 2.07. The van der Waals surface area contributed by atoms with E-state index >= 15 is 0 Å². The van der Waals surface area contributed by atoms with E-state index in [0.717, 1.165) is 19.0 Å². The van der Waals surface area contributed by atoms with Crippen molar-refractivity contribution in [2.45, 2.75) is 19.8 Å². The summed E-state index contributed by atoms with van der Waals surface area (Å²) in [5, 5.41) is 6.52. The van der Waals surface area contributed by atoms with Gasteiger partial charge >= 0.3 is 0 Å². The predicted molar refractivity (Wildman–Crippen MR) is 86.9 cm³/mol. The molecule has 2 N–H and O–H groups in total. The first-order valence-electron chi connectivity index (χ1n) is 7.18. The highest BCUT2D eigenvalue weighted by Gasteiger charge is 2.14. The topological polar surface area (TPSA) is 66.0 Å². The van der Waals surface area contributed by atoms with Crippen LogP contribution in [-0.2, 0) is 0 Å². The second kappa shape index (κ2) is 7.52. The Hall–Kier alpha value is -1.24. The number of anilines is 3. The summed E-state index contributed by atoms with van der Waals surface area (Å²) >= 11 is 2.05. The smallest absolute Gasteiger partial charge is 0.231 e. The van der Waals surface area contributed by atoms with Gasteiger partial charge in [-0.3, -0.25) is 0 Å². The number of rotatable bonds is 6. The number of hydrogen-bond acceptors (Lipinski definition) is 7. The first-order chi connectivity index (χ1) is 9.69. The monoisotopic (exact) mass is 296 g/mol. The van der Waals surface area contributed by atoms with Gasteiger partial charge in [-0.1, -0.05) is 0 Å². The maximum absolute atomic E-state index is 4.45. The van der Waals surface area contributed by atoms with E-state index in [4.69, 9.17) is 0 Å². The van der Waals surface area contributed by atoms with Gasteiger partial charge in [-0.25, -0.2) is 0 Å². The Kier molecular flexibility index (Phi) is 5.70. The summed E-state index contributed by atoms with van der Waals surface area (Å²) in [5.74, 6) is 5.26. The standard InChI is InChI=1S/C13H24N6S/c1-4-14-11-16-12(18-13(17-11)19(2)3)15-9-10-5-7-20-8-6-10/h10H,4-9H2,1-3H3,(H2,14,15,16,17,18). The highest BCUT2D eigenvalue weighted by atomic mass is 32.2. The maximum atomic E-state index is 4.45. The van der Waals surface area contributed by atoms with Crippen molar-refractivity contribution in [3.63, 3.8) is 0 Å². The summed E-state index contributed by atoms with van der Waals surface area (Å²) in [6.45, 7) is 3.78. The Labute approximate surface area is 125 Å². The molecule has 1 fully saturated rings. The molecule has 112 valence electrons. The van der Waals surface area contributed by atoms with Gasteiger partial charge in [0.05, 0.1) is 0 Å². The van der Waals surface area contributed by atoms with Gasteiger partial charge in [0.25, 0.3) is 0 Å². The van der Waals surface area contributed by atoms with Crippen molar-refractivity contribution in [3.05, 3.63) is 0 Å². The molecule has 0 bridgehead atoms. The molecular formula is C13H24N6S. The molecule has 1 aliphatic heterocycles. The molecule has 1 aromatic rings. The van der Waals surface area contributed by atoms with Crippen molar-refractivity contribution in [2.75, 3.05) is 54.2 Å². The molecule has 0 aromatic carbocycles. The van der Waals surface area contributed by atoms with Gasteiger partial charge in [0.2, 0.25) is 17.8 Å². The van der Waals surface area contributed by atoms with Gasteiger partial charge in [0, 0.05) is 27.2 Å². The van der Waals surface area contributed by atoms with E-state index in [1.54, 1.807) is 0 Å². The zero-order valence-corrected chi connectivity index (χ0v) is 13.3. The van der Waals surface area contributed by atoms with Crippen LogP contribution in [0, 0.1) is 5.92 Å². The van der Waals surface area contributed by atoms with E-state index in [1.807, 2.05) is 25.9 Å². The zero-order valence-electron chi connectivity index (χ0n) is 12.5. The molecule has 6 nitrogen and oxygen atoms in total. The van der Waals surface area contributed by atoms with Crippen LogP contribution in [0.3, 0.4) is 0 Å². The van der Waals surface area contributed by atoms with E-state index in [-0.39, 0.29) is 0 Å². The lowest BCUT2D eigenvalue weighted by Gasteiger charge is -2.21. The van der Waals surface area contributed by atoms with Gasteiger partial charge in [-0.05, 0) is 37.2 Å². The van der Waals surface area contributed by atoms with Crippen LogP contribution >= 0.6 is 11.8 Å². The SMILES string of the molecule is CCNc1nc(NCC2CCSCC2)nc(N(C)C)n1. The van der Waals surface area contributed by atoms with E-state index in [0.29, 0.717) is 17.8 Å². The third-order valence-corrected chi connectivity index (χ3v) is 4.30. The second-order valence-corrected chi connectivity index (χ2v) is 6.37. The largest absolute Gasteiger partial charge is 0.354 e. The number of nitrogens with zero attached hydrogens (tertiary/aromatic N) is 4. The summed E-state index contributed by atoms with van der Waals surface area (Å²) in [5.41, 5.74) is 0. The number of thioether (sulfide) groups is 1. The van der Waals surface area contributed by atoms with E-state index < -0.39 is 0 Å². The molecule has 0 atom stereocenters. The van der Waals surface area contributed by atoms with Crippen LogP contribution in [0.4, 0.5) is 17.8 Å². The van der Waals surface area contributed by atoms with Crippen LogP contribution in [0.25, 0.3) is 0 Å². The van der Waals surface area contributed by atoms with Crippen molar-refractivity contribution in [3.8, 4) is 0 Å². The average molecular weight is 296 g/mol. The van der Waals surface area contributed by atoms with Crippen molar-refractivity contribution >= 4 is 29.6 Å². The minimum atomic E-state index is 0.632. The quantitative estimate of drug-likeness (QED) is 0.831. The summed E-state index contributed by atoms with van der Waals surface area (Å²) in [4.78, 5) is 15.1. The lowest BCUT2D eigenvalue weighted by molar-refractivity contribution is 0.514. The first kappa shape index (κ1) is 15.2. The third-order valence-electron chi connectivity index (χ3n) is 3.25. The highest BCUT2D eigenvalue weighted by Crippen LogP contribution is 2.23. The molecule has 0 spiro atoms. The Morgan fingerprint density at radius 3 is 2.35 bits per heavy atom. The highest BCUT2D eigenvalue weighted by molar-refractivity contribution is 7.99. The first-order valence-corrected chi connectivity index (χ1v) is 8.33. The normalized spacial score (nSPS) is 15.9. The maximum Gasteiger partial charge on any atom is 0.231 e. The third kappa shape index (κ3) is 4.40. The van der Waals surface area contributed by atoms with Crippen LogP contribution in [0.5, 0.6) is 0 Å². The van der Waals surface area contributed by atoms with Gasteiger partial charge in [0.1, 0.15) is 0 Å². The minimum Gasteiger partial charge on any atom is -0.354 e. The van der Waals surface area contributed by atoms with Crippen LogP contribution in [0.2, 0.25) is 0 Å². The molecule has 0 aliphatic carbocycles. The molecule has 0 saturated carbocycles. The van der Waals surface area contributed by atoms with Gasteiger partial charge in [-0.15, -0.1) is 0 Å². The lowest BCUT2D eigenvalue weighted by atomic mass is 10.0. The average Bonchev–Trinajstić information content (AvgIpc) is 2.46. The lowest BCUT2D eigenvalue weighted by Crippen LogP contribution is -2.22. The molecule has 1 aromatic heterocycles. The molecule has 2 heterocycles. The summed E-state index contributed by atoms with van der Waals surface area (Å²) in [6, 6.07) is 0. The van der Waals surface area contributed by atoms with Crippen molar-refractivity contribution < 1.29 is 0 Å². The van der Waals surface area contributed by atoms with E-state index in [1.165, 1.54) is 24.3 Å². The molecule has 0 amide bonds. The van der Waals surface area contributed by atoms with Crippen molar-refractivity contribution in [1.29, 1.82) is 0 Å². The second-order valence-electron chi connectivity index (χ2n) is 5.14. The number of nitrogens with one attached hydrogen (secondary N) is 2. The molecule has 0 unspecified atom stereocenters. The van der Waals surface area contributed by atoms with E-state index in [2.05, 4.69) is 37.3 Å². The van der Waals surface area contributed by atoms with Gasteiger partial charge < -0.3 is 15.5 Å². The summed E-state index contributed by atoms with van der Waals surface area (Å²) in [7, 11) is 3.88. The zero-order chi connectivity index (χ0) is 14.4. The molecule has 0 radical (unpaired) electrons. The Morgan fingerprint density at radius 1 is 1.10 bits per heavy atom.